The van der Waals surface area contributed by atoms with Crippen LogP contribution in [0.5, 0.6) is 0 Å². The minimum atomic E-state index is -4.17. The lowest BCUT2D eigenvalue weighted by atomic mass is 10.0. The molecule has 170 valence electrons. The van der Waals surface area contributed by atoms with Gasteiger partial charge in [0.15, 0.2) is 0 Å². The van der Waals surface area contributed by atoms with Crippen LogP contribution < -0.4 is 10.5 Å². The first-order valence-corrected chi connectivity index (χ1v) is 9.01. The summed E-state index contributed by atoms with van der Waals surface area (Å²) in [5, 5.41) is 65.9. The molecule has 0 spiro atoms. The van der Waals surface area contributed by atoms with E-state index in [9.17, 15) is 9.59 Å². The van der Waals surface area contributed by atoms with Crippen LogP contribution in [0.4, 0.5) is 0 Å². The highest BCUT2D eigenvalue weighted by Crippen LogP contribution is 2.00. The van der Waals surface area contributed by atoms with Gasteiger partial charge in [-0.05, 0) is 0 Å². The van der Waals surface area contributed by atoms with E-state index in [-0.39, 0.29) is 32.8 Å². The maximum absolute atomic E-state index is 10.2. The zero-order valence-electron chi connectivity index (χ0n) is 15.0. The molecule has 0 aliphatic heterocycles. The molecule has 0 saturated carbocycles. The molecule has 0 aromatic rings. The number of hydrogen-bond donors (Lipinski definition) is 10. The van der Waals surface area contributed by atoms with Crippen LogP contribution in [0.15, 0.2) is 0 Å². The van der Waals surface area contributed by atoms with Crippen LogP contribution in [0, 0.1) is 0 Å². The molecule has 16 heteroatoms. The molecule has 15 nitrogen and oxygen atoms in total. The lowest BCUT2D eigenvalue weighted by Gasteiger charge is -2.27. The number of aliphatic hydroxyl groups is 5. The third-order valence-corrected chi connectivity index (χ3v) is 2.71. The molecule has 0 unspecified atom stereocenters. The monoisotopic (exact) mass is 439 g/mol. The molecule has 0 heterocycles. The Kier molecular flexibility index (Phi) is 19.6. The Morgan fingerprint density at radius 3 is 1.46 bits per heavy atom. The quantitative estimate of drug-likeness (QED) is 0.127. The number of hydrogen-bond acceptors (Lipinski definition) is 11. The fourth-order valence-electron chi connectivity index (χ4n) is 1.32. The zero-order valence-corrected chi connectivity index (χ0v) is 15.8. The Bertz CT molecular complexity index is 490. The van der Waals surface area contributed by atoms with Crippen molar-refractivity contribution in [2.75, 3.05) is 59.2 Å². The van der Waals surface area contributed by atoms with E-state index in [2.05, 4.69) is 10.5 Å². The largest absolute Gasteiger partial charge is 0.480 e. The van der Waals surface area contributed by atoms with Gasteiger partial charge in [-0.2, -0.15) is 8.42 Å². The first-order valence-electron chi connectivity index (χ1n) is 7.51. The number of nitrogens with two attached hydrogens (primary N) is 1. The highest BCUT2D eigenvalue weighted by Gasteiger charge is 2.27. The molecule has 0 aromatic heterocycles. The van der Waals surface area contributed by atoms with Crippen LogP contribution in [-0.2, 0) is 19.9 Å². The van der Waals surface area contributed by atoms with Gasteiger partial charge < -0.3 is 35.7 Å². The second kappa shape index (κ2) is 17.6. The van der Waals surface area contributed by atoms with Gasteiger partial charge in [0, 0.05) is 13.1 Å². The minimum absolute atomic E-state index is 0.0900. The second-order valence-corrected chi connectivity index (χ2v) is 6.16. The number of carboxylic acids is 2. The number of nitrogens with zero attached hydrogens (tertiary/aromatic N) is 1. The predicted molar refractivity (Wildman–Crippen MR) is 93.6 cm³/mol. The standard InChI is InChI=1S/C6H13NO5.C6H13NO4.H3NO3S/c8-2-6(3-9,4-10)7-1-5(11)12;8-3-1-7(2-4-9)5-6(10)11;1-5(2,3)4/h7-10H,1-4H2,(H,11,12);8-9H,1-5H2,(H,10,11);(H3,1,2,3,4). The molecule has 0 rings (SSSR count). The third-order valence-electron chi connectivity index (χ3n) is 2.71. The van der Waals surface area contributed by atoms with Gasteiger partial charge in [-0.15, -0.1) is 0 Å². The van der Waals surface area contributed by atoms with Gasteiger partial charge in [0.1, 0.15) is 0 Å². The highest BCUT2D eigenvalue weighted by atomic mass is 32.2. The fraction of sp³-hybridized carbons (Fsp3) is 0.833. The van der Waals surface area contributed by atoms with E-state index in [0.29, 0.717) is 0 Å². The van der Waals surface area contributed by atoms with Crippen molar-refractivity contribution >= 4 is 22.2 Å². The average molecular weight is 439 g/mol. The van der Waals surface area contributed by atoms with Crippen molar-refractivity contribution in [3.05, 3.63) is 0 Å². The topological polar surface area (TPSA) is 271 Å². The number of carbonyl (C=O) groups is 2. The van der Waals surface area contributed by atoms with E-state index in [4.69, 9.17) is 48.7 Å². The summed E-state index contributed by atoms with van der Waals surface area (Å²) in [4.78, 5) is 21.7. The smallest absolute Gasteiger partial charge is 0.330 e. The molecule has 0 aliphatic carbocycles. The maximum atomic E-state index is 10.2. The van der Waals surface area contributed by atoms with Crippen LogP contribution in [0.2, 0.25) is 0 Å². The molecular formula is C12H29N3O12S. The molecule has 0 saturated heterocycles. The molecule has 0 amide bonds. The van der Waals surface area contributed by atoms with Gasteiger partial charge in [0.05, 0.1) is 51.7 Å². The number of nitrogens with one attached hydrogen (secondary N) is 1. The highest BCUT2D eigenvalue weighted by molar-refractivity contribution is 7.83. The molecule has 28 heavy (non-hydrogen) atoms. The molecular weight excluding hydrogens is 410 g/mol. The summed E-state index contributed by atoms with van der Waals surface area (Å²) in [5.41, 5.74) is -1.31. The Morgan fingerprint density at radius 2 is 1.25 bits per heavy atom. The lowest BCUT2D eigenvalue weighted by Crippen LogP contribution is -2.56. The van der Waals surface area contributed by atoms with Crippen molar-refractivity contribution in [2.24, 2.45) is 5.14 Å². The number of rotatable bonds is 12. The Balaban J connectivity index is -0.000000362. The minimum Gasteiger partial charge on any atom is -0.480 e. The number of aliphatic hydroxyl groups excluding tert-OH is 5. The van der Waals surface area contributed by atoms with Gasteiger partial charge in [0.2, 0.25) is 0 Å². The Hall–Kier alpha value is -1.47. The van der Waals surface area contributed by atoms with Crippen molar-refractivity contribution in [2.45, 2.75) is 5.54 Å². The Morgan fingerprint density at radius 1 is 0.893 bits per heavy atom. The average Bonchev–Trinajstić information content (AvgIpc) is 2.55. The first-order chi connectivity index (χ1) is 12.8. The summed E-state index contributed by atoms with van der Waals surface area (Å²) in [7, 11) is -4.17. The second-order valence-electron chi connectivity index (χ2n) is 5.13. The van der Waals surface area contributed by atoms with Crippen molar-refractivity contribution in [3.8, 4) is 0 Å². The van der Waals surface area contributed by atoms with Gasteiger partial charge >= 0.3 is 22.2 Å². The van der Waals surface area contributed by atoms with E-state index in [1.807, 2.05) is 0 Å². The SMILES string of the molecule is NS(=O)(=O)O.O=C(O)CN(CCO)CCO.O=C(O)CNC(CO)(CO)CO. The summed E-state index contributed by atoms with van der Waals surface area (Å²) in [6, 6.07) is 0. The van der Waals surface area contributed by atoms with E-state index in [1.54, 1.807) is 0 Å². The van der Waals surface area contributed by atoms with E-state index >= 15 is 0 Å². The third kappa shape index (κ3) is 24.5. The van der Waals surface area contributed by atoms with Crippen molar-refractivity contribution in [1.82, 2.24) is 10.2 Å². The first kappa shape index (κ1) is 31.2. The molecule has 11 N–H and O–H groups in total. The van der Waals surface area contributed by atoms with E-state index in [0.717, 1.165) is 0 Å². The van der Waals surface area contributed by atoms with Crippen LogP contribution in [0.25, 0.3) is 0 Å². The number of carboxylic acid groups (broad SMARTS) is 2. The van der Waals surface area contributed by atoms with Gasteiger partial charge in [-0.3, -0.25) is 24.4 Å². The Labute approximate surface area is 161 Å². The van der Waals surface area contributed by atoms with Crippen LogP contribution in [-0.4, -0.2) is 130 Å². The van der Waals surface area contributed by atoms with Crippen LogP contribution in [0.3, 0.4) is 0 Å². The van der Waals surface area contributed by atoms with Crippen LogP contribution >= 0.6 is 0 Å². The fourth-order valence-corrected chi connectivity index (χ4v) is 1.32. The molecule has 0 aromatic carbocycles. The number of aliphatic carboxylic acids is 2. The van der Waals surface area contributed by atoms with Crippen LogP contribution in [0.1, 0.15) is 0 Å². The van der Waals surface area contributed by atoms with E-state index < -0.39 is 54.1 Å². The maximum Gasteiger partial charge on any atom is 0.330 e. The summed E-state index contributed by atoms with van der Waals surface area (Å²) >= 11 is 0. The van der Waals surface area contributed by atoms with E-state index in [1.165, 1.54) is 4.90 Å². The summed E-state index contributed by atoms with van der Waals surface area (Å²) in [5.74, 6) is -2.07. The normalized spacial score (nSPS) is 11.1. The molecule has 0 aliphatic rings. The summed E-state index contributed by atoms with van der Waals surface area (Å²) < 4.78 is 25.2. The van der Waals surface area contributed by atoms with Gasteiger partial charge in [-0.1, -0.05) is 0 Å². The molecule has 0 atom stereocenters. The molecule has 0 radical (unpaired) electrons. The van der Waals surface area contributed by atoms with Gasteiger partial charge in [-0.25, -0.2) is 5.14 Å². The van der Waals surface area contributed by atoms with Crippen molar-refractivity contribution in [3.63, 3.8) is 0 Å². The zero-order chi connectivity index (χ0) is 22.8. The van der Waals surface area contributed by atoms with Crippen molar-refractivity contribution < 1.29 is 58.3 Å². The summed E-state index contributed by atoms with van der Waals surface area (Å²) in [6.07, 6.45) is 0. The molecule has 0 bridgehead atoms. The predicted octanol–water partition coefficient (Wildman–Crippen LogP) is -5.52. The van der Waals surface area contributed by atoms with Crippen molar-refractivity contribution in [1.29, 1.82) is 0 Å². The van der Waals surface area contributed by atoms with Gasteiger partial charge in [0.25, 0.3) is 0 Å². The lowest BCUT2D eigenvalue weighted by molar-refractivity contribution is -0.139. The summed E-state index contributed by atoms with van der Waals surface area (Å²) in [6.45, 7) is -1.73. The molecule has 0 fully saturated rings.